The fourth-order valence-corrected chi connectivity index (χ4v) is 2.47. The Balaban J connectivity index is 1.51. The maximum absolute atomic E-state index is 12.1. The second kappa shape index (κ2) is 8.21. The molecule has 0 bridgehead atoms. The van der Waals surface area contributed by atoms with Gasteiger partial charge in [0.05, 0.1) is 6.54 Å². The van der Waals surface area contributed by atoms with Gasteiger partial charge in [-0.25, -0.2) is 0 Å². The van der Waals surface area contributed by atoms with Crippen LogP contribution in [0.1, 0.15) is 11.1 Å². The van der Waals surface area contributed by atoms with Gasteiger partial charge in [0.2, 0.25) is 5.91 Å². The van der Waals surface area contributed by atoms with Crippen molar-refractivity contribution in [2.45, 2.75) is 13.8 Å². The Morgan fingerprint density at radius 3 is 2.15 bits per heavy atom. The smallest absolute Gasteiger partial charge is 0.243 e. The molecule has 0 saturated carbocycles. The van der Waals surface area contributed by atoms with Crippen molar-refractivity contribution in [1.29, 1.82) is 0 Å². The van der Waals surface area contributed by atoms with Crippen LogP contribution in [0.4, 0.5) is 11.4 Å². The Labute approximate surface area is 153 Å². The van der Waals surface area contributed by atoms with Gasteiger partial charge in [-0.1, -0.05) is 24.3 Å². The number of hydrogen-bond acceptors (Lipinski definition) is 3. The molecule has 0 unspecified atom stereocenters. The van der Waals surface area contributed by atoms with Crippen molar-refractivity contribution in [1.82, 2.24) is 0 Å². The van der Waals surface area contributed by atoms with Crippen LogP contribution >= 0.6 is 0 Å². The summed E-state index contributed by atoms with van der Waals surface area (Å²) in [5.74, 6) is 1.46. The number of hydrogen-bond donors (Lipinski definition) is 2. The normalized spacial score (nSPS) is 10.2. The maximum Gasteiger partial charge on any atom is 0.243 e. The Kier molecular flexibility index (Phi) is 5.54. The van der Waals surface area contributed by atoms with Crippen molar-refractivity contribution < 1.29 is 9.53 Å². The number of nitrogens with one attached hydrogen (secondary N) is 2. The summed E-state index contributed by atoms with van der Waals surface area (Å²) >= 11 is 0. The van der Waals surface area contributed by atoms with Crippen molar-refractivity contribution in [3.8, 4) is 11.5 Å². The third-order valence-electron chi connectivity index (χ3n) is 4.08. The molecule has 4 nitrogen and oxygen atoms in total. The van der Waals surface area contributed by atoms with Crippen molar-refractivity contribution in [3.05, 3.63) is 83.9 Å². The molecule has 3 aromatic carbocycles. The predicted octanol–water partition coefficient (Wildman–Crippen LogP) is 5.15. The SMILES string of the molecule is Cc1ccc(NC(=O)CNc2ccc(Oc3ccccc3)cc2)cc1C. The zero-order valence-electron chi connectivity index (χ0n) is 15.0. The molecule has 0 aromatic heterocycles. The molecule has 132 valence electrons. The van der Waals surface area contributed by atoms with Crippen LogP contribution < -0.4 is 15.4 Å². The first kappa shape index (κ1) is 17.5. The van der Waals surface area contributed by atoms with Crippen LogP contribution in [0.15, 0.2) is 72.8 Å². The number of benzene rings is 3. The summed E-state index contributed by atoms with van der Waals surface area (Å²) in [5, 5.41) is 6.01. The van der Waals surface area contributed by atoms with Gasteiger partial charge in [-0.2, -0.15) is 0 Å². The molecule has 0 saturated heterocycles. The van der Waals surface area contributed by atoms with Crippen LogP contribution in [0.25, 0.3) is 0 Å². The van der Waals surface area contributed by atoms with Gasteiger partial charge >= 0.3 is 0 Å². The molecule has 4 heteroatoms. The molecule has 0 fully saturated rings. The monoisotopic (exact) mass is 346 g/mol. The fourth-order valence-electron chi connectivity index (χ4n) is 2.47. The summed E-state index contributed by atoms with van der Waals surface area (Å²) in [6.07, 6.45) is 0. The van der Waals surface area contributed by atoms with Gasteiger partial charge in [0.15, 0.2) is 0 Å². The van der Waals surface area contributed by atoms with E-state index in [2.05, 4.69) is 10.6 Å². The van der Waals surface area contributed by atoms with Crippen LogP contribution in [0.3, 0.4) is 0 Å². The lowest BCUT2D eigenvalue weighted by molar-refractivity contribution is -0.114. The molecule has 0 aliphatic carbocycles. The lowest BCUT2D eigenvalue weighted by Gasteiger charge is -2.10. The topological polar surface area (TPSA) is 50.4 Å². The second-order valence-corrected chi connectivity index (χ2v) is 6.14. The van der Waals surface area contributed by atoms with E-state index in [0.29, 0.717) is 0 Å². The summed E-state index contributed by atoms with van der Waals surface area (Å²) < 4.78 is 5.75. The predicted molar refractivity (Wildman–Crippen MR) is 106 cm³/mol. The van der Waals surface area contributed by atoms with Crippen LogP contribution in [0, 0.1) is 13.8 Å². The van der Waals surface area contributed by atoms with Crippen LogP contribution in [0.5, 0.6) is 11.5 Å². The number of carbonyl (C=O) groups excluding carboxylic acids is 1. The van der Waals surface area contributed by atoms with Gasteiger partial charge < -0.3 is 15.4 Å². The Morgan fingerprint density at radius 1 is 0.808 bits per heavy atom. The molecule has 0 atom stereocenters. The van der Waals surface area contributed by atoms with E-state index >= 15 is 0 Å². The minimum atomic E-state index is -0.0853. The molecular formula is C22H22N2O2. The second-order valence-electron chi connectivity index (χ2n) is 6.14. The zero-order chi connectivity index (χ0) is 18.4. The van der Waals surface area contributed by atoms with Gasteiger partial charge in [-0.05, 0) is 73.5 Å². The highest BCUT2D eigenvalue weighted by Crippen LogP contribution is 2.22. The molecule has 0 radical (unpaired) electrons. The quantitative estimate of drug-likeness (QED) is 0.649. The van der Waals surface area contributed by atoms with E-state index in [-0.39, 0.29) is 12.5 Å². The first-order chi connectivity index (χ1) is 12.6. The standard InChI is InChI=1S/C22H22N2O2/c1-16-8-9-19(14-17(16)2)24-22(25)15-23-18-10-12-21(13-11-18)26-20-6-4-3-5-7-20/h3-14,23H,15H2,1-2H3,(H,24,25). The molecule has 0 aliphatic heterocycles. The fraction of sp³-hybridized carbons (Fsp3) is 0.136. The van der Waals surface area contributed by atoms with Crippen LogP contribution in [-0.4, -0.2) is 12.5 Å². The molecule has 3 aromatic rings. The van der Waals surface area contributed by atoms with E-state index in [0.717, 1.165) is 28.4 Å². The van der Waals surface area contributed by atoms with Gasteiger partial charge in [-0.3, -0.25) is 4.79 Å². The van der Waals surface area contributed by atoms with E-state index in [1.807, 2.05) is 86.6 Å². The number of ether oxygens (including phenoxy) is 1. The number of carbonyl (C=O) groups is 1. The summed E-state index contributed by atoms with van der Waals surface area (Å²) in [7, 11) is 0. The Morgan fingerprint density at radius 2 is 1.46 bits per heavy atom. The minimum absolute atomic E-state index is 0.0853. The molecule has 26 heavy (non-hydrogen) atoms. The number of rotatable bonds is 6. The van der Waals surface area contributed by atoms with E-state index < -0.39 is 0 Å². The lowest BCUT2D eigenvalue weighted by atomic mass is 10.1. The Bertz CT molecular complexity index is 874. The van der Waals surface area contributed by atoms with Gasteiger partial charge in [-0.15, -0.1) is 0 Å². The van der Waals surface area contributed by atoms with E-state index in [9.17, 15) is 4.79 Å². The lowest BCUT2D eigenvalue weighted by Crippen LogP contribution is -2.21. The van der Waals surface area contributed by atoms with E-state index in [1.54, 1.807) is 0 Å². The van der Waals surface area contributed by atoms with Crippen LogP contribution in [0.2, 0.25) is 0 Å². The number of amides is 1. The number of para-hydroxylation sites is 1. The largest absolute Gasteiger partial charge is 0.457 e. The molecule has 0 spiro atoms. The molecule has 2 N–H and O–H groups in total. The van der Waals surface area contributed by atoms with E-state index in [1.165, 1.54) is 5.56 Å². The summed E-state index contributed by atoms with van der Waals surface area (Å²) in [5.41, 5.74) is 4.04. The van der Waals surface area contributed by atoms with Crippen molar-refractivity contribution >= 4 is 17.3 Å². The zero-order valence-corrected chi connectivity index (χ0v) is 15.0. The van der Waals surface area contributed by atoms with Crippen molar-refractivity contribution in [3.63, 3.8) is 0 Å². The number of aryl methyl sites for hydroxylation is 2. The first-order valence-electron chi connectivity index (χ1n) is 8.54. The molecule has 3 rings (SSSR count). The maximum atomic E-state index is 12.1. The summed E-state index contributed by atoms with van der Waals surface area (Å²) in [6, 6.07) is 23.0. The van der Waals surface area contributed by atoms with Gasteiger partial charge in [0.1, 0.15) is 11.5 Å². The van der Waals surface area contributed by atoms with Gasteiger partial charge in [0, 0.05) is 11.4 Å². The summed E-state index contributed by atoms with van der Waals surface area (Å²) in [4.78, 5) is 12.1. The summed E-state index contributed by atoms with van der Waals surface area (Å²) in [6.45, 7) is 4.28. The average molecular weight is 346 g/mol. The highest BCUT2D eigenvalue weighted by Gasteiger charge is 2.04. The third-order valence-corrected chi connectivity index (χ3v) is 4.08. The average Bonchev–Trinajstić information content (AvgIpc) is 2.65. The number of anilines is 2. The highest BCUT2D eigenvalue weighted by molar-refractivity contribution is 5.93. The molecule has 1 amide bonds. The highest BCUT2D eigenvalue weighted by atomic mass is 16.5. The molecule has 0 heterocycles. The first-order valence-corrected chi connectivity index (χ1v) is 8.54. The molecular weight excluding hydrogens is 324 g/mol. The third kappa shape index (κ3) is 4.86. The van der Waals surface area contributed by atoms with Gasteiger partial charge in [0.25, 0.3) is 0 Å². The van der Waals surface area contributed by atoms with Crippen LogP contribution in [-0.2, 0) is 4.79 Å². The minimum Gasteiger partial charge on any atom is -0.457 e. The van der Waals surface area contributed by atoms with E-state index in [4.69, 9.17) is 4.74 Å². The molecule has 0 aliphatic rings. The van der Waals surface area contributed by atoms with Crippen molar-refractivity contribution in [2.24, 2.45) is 0 Å². The van der Waals surface area contributed by atoms with Crippen molar-refractivity contribution in [2.75, 3.05) is 17.2 Å². The Hall–Kier alpha value is -3.27.